The number of benzene rings is 1. The first-order valence-corrected chi connectivity index (χ1v) is 4.83. The third-order valence-corrected chi connectivity index (χ3v) is 2.51. The van der Waals surface area contributed by atoms with E-state index in [9.17, 15) is 4.79 Å². The van der Waals surface area contributed by atoms with Crippen LogP contribution >= 0.6 is 0 Å². The summed E-state index contributed by atoms with van der Waals surface area (Å²) in [5, 5.41) is 6.71. The van der Waals surface area contributed by atoms with Crippen LogP contribution in [-0.2, 0) is 6.42 Å². The molecule has 2 rings (SSSR count). The second kappa shape index (κ2) is 4.09. The molecule has 3 nitrogen and oxygen atoms in total. The number of hydrogen-bond donors (Lipinski definition) is 1. The second-order valence-corrected chi connectivity index (χ2v) is 3.53. The minimum atomic E-state index is 0.637. The van der Waals surface area contributed by atoms with Crippen molar-refractivity contribution in [2.45, 2.75) is 13.3 Å². The molecular formula is C12H12N2O. The highest BCUT2D eigenvalue weighted by atomic mass is 16.1. The summed E-state index contributed by atoms with van der Waals surface area (Å²) < 4.78 is 0. The zero-order chi connectivity index (χ0) is 10.7. The predicted molar refractivity (Wildman–Crippen MR) is 58.0 cm³/mol. The molecule has 0 fully saturated rings. The molecular weight excluding hydrogens is 188 g/mol. The molecule has 1 heterocycles. The molecule has 0 aliphatic rings. The van der Waals surface area contributed by atoms with Crippen LogP contribution in [0.1, 0.15) is 27.2 Å². The van der Waals surface area contributed by atoms with Crippen LogP contribution in [0.15, 0.2) is 30.5 Å². The number of aryl methyl sites for hydroxylation is 1. The fraction of sp³-hybridized carbons (Fsp3) is 0.167. The third kappa shape index (κ3) is 1.96. The number of carbonyl (C=O) groups is 1. The van der Waals surface area contributed by atoms with Crippen LogP contribution in [0.3, 0.4) is 0 Å². The summed E-state index contributed by atoms with van der Waals surface area (Å²) in [5.74, 6) is 0. The zero-order valence-corrected chi connectivity index (χ0v) is 8.53. The highest BCUT2D eigenvalue weighted by Crippen LogP contribution is 2.13. The van der Waals surface area contributed by atoms with Gasteiger partial charge in [0.1, 0.15) is 0 Å². The smallest absolute Gasteiger partial charge is 0.153 e. The van der Waals surface area contributed by atoms with E-state index >= 15 is 0 Å². The number of aromatic amines is 1. The number of carbonyl (C=O) groups excluding carboxylic acids is 1. The molecule has 15 heavy (non-hydrogen) atoms. The van der Waals surface area contributed by atoms with E-state index in [0.29, 0.717) is 5.56 Å². The van der Waals surface area contributed by atoms with Gasteiger partial charge < -0.3 is 0 Å². The molecule has 76 valence electrons. The van der Waals surface area contributed by atoms with Gasteiger partial charge in [-0.25, -0.2) is 0 Å². The number of rotatable bonds is 3. The van der Waals surface area contributed by atoms with E-state index in [1.807, 2.05) is 12.1 Å². The topological polar surface area (TPSA) is 45.8 Å². The number of aldehydes is 1. The van der Waals surface area contributed by atoms with Crippen molar-refractivity contribution in [1.82, 2.24) is 10.2 Å². The molecule has 0 aliphatic heterocycles. The molecule has 0 bridgehead atoms. The zero-order valence-electron chi connectivity index (χ0n) is 8.53. The Bertz CT molecular complexity index is 474. The molecule has 0 saturated carbocycles. The summed E-state index contributed by atoms with van der Waals surface area (Å²) in [6, 6.07) is 8.13. The van der Waals surface area contributed by atoms with Crippen LogP contribution < -0.4 is 0 Å². The van der Waals surface area contributed by atoms with Crippen LogP contribution in [0.4, 0.5) is 0 Å². The summed E-state index contributed by atoms with van der Waals surface area (Å²) in [4.78, 5) is 10.7. The number of nitrogens with one attached hydrogen (secondary N) is 1. The molecule has 0 unspecified atom stereocenters. The van der Waals surface area contributed by atoms with Crippen molar-refractivity contribution in [3.63, 3.8) is 0 Å². The lowest BCUT2D eigenvalue weighted by molar-refractivity contribution is 0.112. The lowest BCUT2D eigenvalue weighted by atomic mass is 10.0. The van der Waals surface area contributed by atoms with E-state index in [1.54, 1.807) is 6.20 Å². The van der Waals surface area contributed by atoms with Crippen LogP contribution in [0.5, 0.6) is 0 Å². The summed E-state index contributed by atoms with van der Waals surface area (Å²) in [5.41, 5.74) is 3.95. The quantitative estimate of drug-likeness (QED) is 0.771. The van der Waals surface area contributed by atoms with Gasteiger partial charge in [0.05, 0.1) is 17.5 Å². The summed E-state index contributed by atoms with van der Waals surface area (Å²) in [6.07, 6.45) is 3.11. The Morgan fingerprint density at radius 2 is 2.20 bits per heavy atom. The first-order valence-electron chi connectivity index (χ1n) is 4.83. The lowest BCUT2D eigenvalue weighted by Gasteiger charge is -2.03. The van der Waals surface area contributed by atoms with Gasteiger partial charge in [0.15, 0.2) is 6.29 Å². The summed E-state index contributed by atoms with van der Waals surface area (Å²) >= 11 is 0. The number of nitrogens with zero attached hydrogens (tertiary/aromatic N) is 1. The van der Waals surface area contributed by atoms with Crippen LogP contribution in [-0.4, -0.2) is 16.5 Å². The Balaban J connectivity index is 2.29. The molecule has 1 aromatic carbocycles. The molecule has 0 atom stereocenters. The van der Waals surface area contributed by atoms with Crippen molar-refractivity contribution in [3.05, 3.63) is 52.8 Å². The third-order valence-electron chi connectivity index (χ3n) is 2.51. The number of hydrogen-bond acceptors (Lipinski definition) is 2. The normalized spacial score (nSPS) is 10.2. The van der Waals surface area contributed by atoms with E-state index in [2.05, 4.69) is 29.3 Å². The standard InChI is InChI=1S/C12H12N2O/c1-9-4-2-3-5-10(9)6-12-11(8-15)7-13-14-12/h2-5,7-8H,6H2,1H3,(H,13,14). The fourth-order valence-corrected chi connectivity index (χ4v) is 1.56. The van der Waals surface area contributed by atoms with Gasteiger partial charge in [-0.05, 0) is 18.1 Å². The van der Waals surface area contributed by atoms with Gasteiger partial charge >= 0.3 is 0 Å². The van der Waals surface area contributed by atoms with Crippen LogP contribution in [0.2, 0.25) is 0 Å². The molecule has 3 heteroatoms. The van der Waals surface area contributed by atoms with E-state index < -0.39 is 0 Å². The lowest BCUT2D eigenvalue weighted by Crippen LogP contribution is -1.95. The number of H-pyrrole nitrogens is 1. The van der Waals surface area contributed by atoms with E-state index in [-0.39, 0.29) is 0 Å². The Morgan fingerprint density at radius 3 is 2.93 bits per heavy atom. The van der Waals surface area contributed by atoms with Crippen LogP contribution in [0.25, 0.3) is 0 Å². The molecule has 0 radical (unpaired) electrons. The molecule has 0 amide bonds. The SMILES string of the molecule is Cc1ccccc1Cc1[nH]ncc1C=O. The molecule has 0 aliphatic carbocycles. The van der Waals surface area contributed by atoms with Gasteiger partial charge in [0.2, 0.25) is 0 Å². The van der Waals surface area contributed by atoms with Gasteiger partial charge in [0, 0.05) is 6.42 Å². The second-order valence-electron chi connectivity index (χ2n) is 3.53. The molecule has 0 saturated heterocycles. The van der Waals surface area contributed by atoms with Crippen molar-refractivity contribution in [1.29, 1.82) is 0 Å². The first kappa shape index (κ1) is 9.65. The maximum Gasteiger partial charge on any atom is 0.153 e. The van der Waals surface area contributed by atoms with Gasteiger partial charge in [-0.1, -0.05) is 24.3 Å². The Hall–Kier alpha value is -1.90. The maximum absolute atomic E-state index is 10.7. The molecule has 2 aromatic rings. The molecule has 1 N–H and O–H groups in total. The van der Waals surface area contributed by atoms with E-state index in [0.717, 1.165) is 18.4 Å². The first-order chi connectivity index (χ1) is 7.31. The average Bonchev–Trinajstić information content (AvgIpc) is 2.69. The van der Waals surface area contributed by atoms with Gasteiger partial charge in [-0.2, -0.15) is 5.10 Å². The van der Waals surface area contributed by atoms with Crippen molar-refractivity contribution < 1.29 is 4.79 Å². The van der Waals surface area contributed by atoms with Gasteiger partial charge in [-0.3, -0.25) is 9.89 Å². The minimum Gasteiger partial charge on any atom is -0.298 e. The van der Waals surface area contributed by atoms with Crippen molar-refractivity contribution >= 4 is 6.29 Å². The summed E-state index contributed by atoms with van der Waals surface area (Å²) in [7, 11) is 0. The average molecular weight is 200 g/mol. The summed E-state index contributed by atoms with van der Waals surface area (Å²) in [6.45, 7) is 2.06. The Morgan fingerprint density at radius 1 is 1.40 bits per heavy atom. The number of aromatic nitrogens is 2. The van der Waals surface area contributed by atoms with E-state index in [1.165, 1.54) is 11.1 Å². The van der Waals surface area contributed by atoms with Crippen molar-refractivity contribution in [2.24, 2.45) is 0 Å². The predicted octanol–water partition coefficient (Wildman–Crippen LogP) is 2.12. The minimum absolute atomic E-state index is 0.637. The fourth-order valence-electron chi connectivity index (χ4n) is 1.56. The molecule has 0 spiro atoms. The van der Waals surface area contributed by atoms with Crippen LogP contribution in [0, 0.1) is 6.92 Å². The van der Waals surface area contributed by atoms with Crippen molar-refractivity contribution in [3.8, 4) is 0 Å². The largest absolute Gasteiger partial charge is 0.298 e. The monoisotopic (exact) mass is 200 g/mol. The van der Waals surface area contributed by atoms with Gasteiger partial charge in [-0.15, -0.1) is 0 Å². The van der Waals surface area contributed by atoms with Gasteiger partial charge in [0.25, 0.3) is 0 Å². The highest BCUT2D eigenvalue weighted by molar-refractivity contribution is 5.76. The Labute approximate surface area is 88.1 Å². The molecule has 1 aromatic heterocycles. The highest BCUT2D eigenvalue weighted by Gasteiger charge is 2.06. The van der Waals surface area contributed by atoms with E-state index in [4.69, 9.17) is 0 Å². The maximum atomic E-state index is 10.7. The Kier molecular flexibility index (Phi) is 2.63. The van der Waals surface area contributed by atoms with Crippen molar-refractivity contribution in [2.75, 3.05) is 0 Å².